The van der Waals surface area contributed by atoms with Gasteiger partial charge in [0.2, 0.25) is 0 Å². The first-order valence-corrected chi connectivity index (χ1v) is 10.8. The second-order valence-electron chi connectivity index (χ2n) is 7.67. The van der Waals surface area contributed by atoms with Gasteiger partial charge in [-0.3, -0.25) is 14.0 Å². The first-order valence-electron chi connectivity index (χ1n) is 10.8. The second-order valence-corrected chi connectivity index (χ2v) is 7.67. The fraction of sp³-hybridized carbons (Fsp3) is 0.154. The number of methoxy groups -OCH3 is 2. The number of hydrogen-bond donors (Lipinski definition) is 2. The fourth-order valence-corrected chi connectivity index (χ4v) is 3.51. The van der Waals surface area contributed by atoms with E-state index in [-0.39, 0.29) is 24.1 Å². The minimum atomic E-state index is -0.421. The van der Waals surface area contributed by atoms with Crippen LogP contribution in [0.2, 0.25) is 0 Å². The van der Waals surface area contributed by atoms with Crippen molar-refractivity contribution < 1.29 is 23.9 Å². The number of rotatable bonds is 8. The first kappa shape index (κ1) is 23.5. The fourth-order valence-electron chi connectivity index (χ4n) is 3.51. The Hall–Kier alpha value is -4.66. The van der Waals surface area contributed by atoms with Gasteiger partial charge in [-0.2, -0.15) is 0 Å². The van der Waals surface area contributed by atoms with Gasteiger partial charge >= 0.3 is 5.97 Å². The zero-order valence-corrected chi connectivity index (χ0v) is 19.3. The number of fused-ring (bicyclic) bond motifs is 1. The molecule has 2 heterocycles. The molecule has 2 aromatic carbocycles. The van der Waals surface area contributed by atoms with Crippen molar-refractivity contribution in [3.63, 3.8) is 0 Å². The Morgan fingerprint density at radius 2 is 1.57 bits per heavy atom. The van der Waals surface area contributed by atoms with Gasteiger partial charge in [-0.25, -0.2) is 9.78 Å². The highest BCUT2D eigenvalue weighted by atomic mass is 16.5. The third kappa shape index (κ3) is 5.47. The number of benzene rings is 2. The molecule has 0 saturated heterocycles. The molecule has 0 aliphatic heterocycles. The molecule has 4 rings (SSSR count). The maximum atomic E-state index is 12.9. The third-order valence-corrected chi connectivity index (χ3v) is 5.37. The molecule has 0 saturated carbocycles. The van der Waals surface area contributed by atoms with E-state index in [0.29, 0.717) is 29.2 Å². The van der Waals surface area contributed by atoms with Gasteiger partial charge in [0.15, 0.2) is 0 Å². The Labute approximate surface area is 201 Å². The van der Waals surface area contributed by atoms with Crippen LogP contribution in [0.15, 0.2) is 72.9 Å². The Morgan fingerprint density at radius 3 is 2.31 bits per heavy atom. The van der Waals surface area contributed by atoms with Crippen LogP contribution in [0, 0.1) is 0 Å². The van der Waals surface area contributed by atoms with Crippen molar-refractivity contribution in [3.8, 4) is 5.75 Å². The van der Waals surface area contributed by atoms with Crippen LogP contribution in [0.5, 0.6) is 5.75 Å². The van der Waals surface area contributed by atoms with Crippen LogP contribution in [-0.2, 0) is 17.8 Å². The SMILES string of the molecule is COC(=O)c1ccc(CNC(=O)c2cccc3nc(C(=O)NCc4cccc(OC)c4)cn23)cc1. The summed E-state index contributed by atoms with van der Waals surface area (Å²) in [4.78, 5) is 41.4. The summed E-state index contributed by atoms with van der Waals surface area (Å²) >= 11 is 0. The van der Waals surface area contributed by atoms with Crippen molar-refractivity contribution in [1.82, 2.24) is 20.0 Å². The molecule has 0 aliphatic rings. The summed E-state index contributed by atoms with van der Waals surface area (Å²) < 4.78 is 11.5. The molecule has 2 amide bonds. The highest BCUT2D eigenvalue weighted by Gasteiger charge is 2.16. The number of nitrogens with one attached hydrogen (secondary N) is 2. The van der Waals surface area contributed by atoms with E-state index in [4.69, 9.17) is 4.74 Å². The number of pyridine rings is 1. The number of nitrogens with zero attached hydrogens (tertiary/aromatic N) is 2. The monoisotopic (exact) mass is 472 g/mol. The van der Waals surface area contributed by atoms with Crippen LogP contribution < -0.4 is 15.4 Å². The molecule has 2 N–H and O–H groups in total. The normalized spacial score (nSPS) is 10.6. The summed E-state index contributed by atoms with van der Waals surface area (Å²) in [5, 5.41) is 5.69. The molecule has 4 aromatic rings. The lowest BCUT2D eigenvalue weighted by molar-refractivity contribution is 0.0600. The van der Waals surface area contributed by atoms with E-state index < -0.39 is 5.97 Å². The van der Waals surface area contributed by atoms with Crippen LogP contribution in [0.25, 0.3) is 5.65 Å². The minimum absolute atomic E-state index is 0.201. The molecular formula is C26H24N4O5. The highest BCUT2D eigenvalue weighted by Crippen LogP contribution is 2.14. The number of amides is 2. The van der Waals surface area contributed by atoms with Crippen molar-refractivity contribution in [2.24, 2.45) is 0 Å². The van der Waals surface area contributed by atoms with E-state index in [9.17, 15) is 14.4 Å². The average Bonchev–Trinajstić information content (AvgIpc) is 3.35. The van der Waals surface area contributed by atoms with E-state index in [2.05, 4.69) is 20.4 Å². The lowest BCUT2D eigenvalue weighted by Crippen LogP contribution is -2.25. The molecule has 35 heavy (non-hydrogen) atoms. The average molecular weight is 473 g/mol. The van der Waals surface area contributed by atoms with Gasteiger partial charge in [-0.05, 0) is 47.5 Å². The van der Waals surface area contributed by atoms with Gasteiger partial charge in [-0.1, -0.05) is 30.3 Å². The van der Waals surface area contributed by atoms with E-state index >= 15 is 0 Å². The van der Waals surface area contributed by atoms with E-state index in [1.165, 1.54) is 13.3 Å². The number of carbonyl (C=O) groups excluding carboxylic acids is 3. The number of esters is 1. The van der Waals surface area contributed by atoms with Crippen LogP contribution in [0.4, 0.5) is 0 Å². The molecule has 9 nitrogen and oxygen atoms in total. The smallest absolute Gasteiger partial charge is 0.337 e. The molecule has 0 unspecified atom stereocenters. The Bertz CT molecular complexity index is 1380. The molecule has 178 valence electrons. The van der Waals surface area contributed by atoms with Gasteiger partial charge < -0.3 is 20.1 Å². The molecule has 0 radical (unpaired) electrons. The predicted octanol–water partition coefficient (Wildman–Crippen LogP) is 2.99. The highest BCUT2D eigenvalue weighted by molar-refractivity contribution is 5.95. The predicted molar refractivity (Wildman–Crippen MR) is 128 cm³/mol. The van der Waals surface area contributed by atoms with Gasteiger partial charge in [0.05, 0.1) is 19.8 Å². The number of hydrogen-bond acceptors (Lipinski definition) is 6. The quantitative estimate of drug-likeness (QED) is 0.382. The molecule has 0 spiro atoms. The van der Waals surface area contributed by atoms with Gasteiger partial charge in [0.25, 0.3) is 11.8 Å². The lowest BCUT2D eigenvalue weighted by atomic mass is 10.1. The number of ether oxygens (including phenoxy) is 2. The van der Waals surface area contributed by atoms with Crippen LogP contribution in [0.3, 0.4) is 0 Å². The van der Waals surface area contributed by atoms with Crippen LogP contribution in [-0.4, -0.2) is 41.4 Å². The van der Waals surface area contributed by atoms with E-state index in [1.54, 1.807) is 54.0 Å². The van der Waals surface area contributed by atoms with Crippen molar-refractivity contribution in [2.75, 3.05) is 14.2 Å². The maximum absolute atomic E-state index is 12.9. The zero-order valence-electron chi connectivity index (χ0n) is 19.3. The maximum Gasteiger partial charge on any atom is 0.337 e. The molecule has 0 bridgehead atoms. The second kappa shape index (κ2) is 10.5. The Balaban J connectivity index is 1.43. The minimum Gasteiger partial charge on any atom is -0.497 e. The summed E-state index contributed by atoms with van der Waals surface area (Å²) in [6.45, 7) is 0.575. The summed E-state index contributed by atoms with van der Waals surface area (Å²) in [6.07, 6.45) is 1.54. The molecule has 0 atom stereocenters. The Morgan fingerprint density at radius 1 is 0.857 bits per heavy atom. The van der Waals surface area contributed by atoms with Gasteiger partial charge in [-0.15, -0.1) is 0 Å². The van der Waals surface area contributed by atoms with Crippen molar-refractivity contribution >= 4 is 23.4 Å². The standard InChI is InChI=1S/C26H24N4O5/c1-34-20-6-3-5-18(13-20)15-27-24(31)21-16-30-22(7-4-8-23(30)29-21)25(32)28-14-17-9-11-19(12-10-17)26(33)35-2/h3-13,16H,14-15H2,1-2H3,(H,27,31)(H,28,32). The molecule has 0 aliphatic carbocycles. The zero-order chi connectivity index (χ0) is 24.8. The van der Waals surface area contributed by atoms with Crippen molar-refractivity contribution in [1.29, 1.82) is 0 Å². The molecule has 2 aromatic heterocycles. The molecule has 9 heteroatoms. The Kier molecular flexibility index (Phi) is 7.06. The molecular weight excluding hydrogens is 448 g/mol. The van der Waals surface area contributed by atoms with E-state index in [0.717, 1.165) is 11.1 Å². The summed E-state index contributed by atoms with van der Waals surface area (Å²) in [6, 6.07) is 19.3. The van der Waals surface area contributed by atoms with Crippen molar-refractivity contribution in [3.05, 3.63) is 101 Å². The number of imidazole rings is 1. The lowest BCUT2D eigenvalue weighted by Gasteiger charge is -2.08. The summed E-state index contributed by atoms with van der Waals surface area (Å²) in [5.74, 6) is -0.391. The molecule has 0 fully saturated rings. The van der Waals surface area contributed by atoms with Gasteiger partial charge in [0.1, 0.15) is 22.8 Å². The van der Waals surface area contributed by atoms with Gasteiger partial charge in [0, 0.05) is 19.3 Å². The largest absolute Gasteiger partial charge is 0.497 e. The van der Waals surface area contributed by atoms with E-state index in [1.807, 2.05) is 24.3 Å². The number of carbonyl (C=O) groups is 3. The summed E-state index contributed by atoms with van der Waals surface area (Å²) in [5.41, 5.74) is 3.16. The topological polar surface area (TPSA) is 111 Å². The van der Waals surface area contributed by atoms with Crippen molar-refractivity contribution in [2.45, 2.75) is 13.1 Å². The third-order valence-electron chi connectivity index (χ3n) is 5.37. The van der Waals surface area contributed by atoms with Crippen LogP contribution in [0.1, 0.15) is 42.5 Å². The first-order chi connectivity index (χ1) is 17.0. The van der Waals surface area contributed by atoms with Crippen LogP contribution >= 0.6 is 0 Å². The number of aromatic nitrogens is 2. The summed E-state index contributed by atoms with van der Waals surface area (Å²) in [7, 11) is 2.91.